The van der Waals surface area contributed by atoms with Gasteiger partial charge in [-0.25, -0.2) is 21.6 Å². The quantitative estimate of drug-likeness (QED) is 0.326. The SMILES string of the molecule is CC[C@@H]1CCCCN1S(=O)(=O)c1ccc(S(=O)(=O)NC(=O)c2ccc3c(c2)[C@@H]2O[C@H](c4ccccc4)CC[C@H]2C(C)(C)O3)cc1. The Bertz CT molecular complexity index is 1770. The Labute approximate surface area is 266 Å². The first kappa shape index (κ1) is 31.7. The van der Waals surface area contributed by atoms with Crippen LogP contribution >= 0.6 is 0 Å². The summed E-state index contributed by atoms with van der Waals surface area (Å²) < 4.78 is 69.8. The van der Waals surface area contributed by atoms with Gasteiger partial charge in [0.1, 0.15) is 11.4 Å². The molecule has 3 heterocycles. The van der Waals surface area contributed by atoms with Crippen LogP contribution in [0.4, 0.5) is 0 Å². The molecule has 0 unspecified atom stereocenters. The van der Waals surface area contributed by atoms with E-state index in [0.717, 1.165) is 37.7 Å². The van der Waals surface area contributed by atoms with Gasteiger partial charge in [-0.15, -0.1) is 0 Å². The zero-order chi connectivity index (χ0) is 32.0. The van der Waals surface area contributed by atoms with Crippen molar-refractivity contribution in [2.75, 3.05) is 6.54 Å². The number of rotatable bonds is 7. The van der Waals surface area contributed by atoms with Crippen molar-refractivity contribution in [3.63, 3.8) is 0 Å². The van der Waals surface area contributed by atoms with Crippen LogP contribution in [0.5, 0.6) is 5.75 Å². The second kappa shape index (κ2) is 12.2. The van der Waals surface area contributed by atoms with Crippen LogP contribution in [0.3, 0.4) is 0 Å². The number of ether oxygens (including phenoxy) is 2. The molecule has 2 fully saturated rings. The van der Waals surface area contributed by atoms with Gasteiger partial charge in [0.05, 0.1) is 22.0 Å². The average Bonchev–Trinajstić information content (AvgIpc) is 3.04. The molecule has 240 valence electrons. The van der Waals surface area contributed by atoms with E-state index in [1.165, 1.54) is 34.6 Å². The van der Waals surface area contributed by atoms with E-state index in [4.69, 9.17) is 9.47 Å². The summed E-state index contributed by atoms with van der Waals surface area (Å²) in [7, 11) is -8.06. The fourth-order valence-electron chi connectivity index (χ4n) is 6.97. The summed E-state index contributed by atoms with van der Waals surface area (Å²) in [5.74, 6) is -0.157. The zero-order valence-electron chi connectivity index (χ0n) is 25.8. The minimum atomic E-state index is -4.29. The lowest BCUT2D eigenvalue weighted by Crippen LogP contribution is -2.47. The number of benzene rings is 3. The summed E-state index contributed by atoms with van der Waals surface area (Å²) in [5, 5.41) is 0. The van der Waals surface area contributed by atoms with Gasteiger partial charge >= 0.3 is 0 Å². The molecule has 6 rings (SSSR count). The molecular formula is C34H40N2O7S2. The molecule has 1 N–H and O–H groups in total. The van der Waals surface area contributed by atoms with Crippen LogP contribution in [0.25, 0.3) is 0 Å². The third kappa shape index (κ3) is 6.15. The van der Waals surface area contributed by atoms with Crippen molar-refractivity contribution in [2.24, 2.45) is 5.92 Å². The Morgan fingerprint density at radius 3 is 2.33 bits per heavy atom. The first-order chi connectivity index (χ1) is 21.4. The Balaban J connectivity index is 1.22. The molecule has 45 heavy (non-hydrogen) atoms. The number of fused-ring (bicyclic) bond motifs is 3. The van der Waals surface area contributed by atoms with E-state index >= 15 is 0 Å². The van der Waals surface area contributed by atoms with Crippen LogP contribution in [0.1, 0.15) is 93.0 Å². The van der Waals surface area contributed by atoms with E-state index in [0.29, 0.717) is 24.3 Å². The molecule has 2 saturated heterocycles. The van der Waals surface area contributed by atoms with Crippen molar-refractivity contribution in [1.29, 1.82) is 0 Å². The lowest BCUT2D eigenvalue weighted by Gasteiger charge is -2.48. The molecule has 3 aliphatic heterocycles. The number of amides is 1. The summed E-state index contributed by atoms with van der Waals surface area (Å²) in [6, 6.07) is 19.9. The van der Waals surface area contributed by atoms with Crippen molar-refractivity contribution < 1.29 is 31.1 Å². The van der Waals surface area contributed by atoms with E-state index in [1.54, 1.807) is 12.1 Å². The van der Waals surface area contributed by atoms with Crippen LogP contribution < -0.4 is 9.46 Å². The number of hydrogen-bond acceptors (Lipinski definition) is 7. The van der Waals surface area contributed by atoms with Gasteiger partial charge in [-0.1, -0.05) is 43.7 Å². The molecule has 0 radical (unpaired) electrons. The maximum absolute atomic E-state index is 13.3. The Morgan fingerprint density at radius 2 is 1.62 bits per heavy atom. The molecule has 0 aliphatic carbocycles. The van der Waals surface area contributed by atoms with Crippen molar-refractivity contribution in [3.8, 4) is 5.75 Å². The first-order valence-electron chi connectivity index (χ1n) is 15.6. The molecule has 0 spiro atoms. The van der Waals surface area contributed by atoms with Crippen molar-refractivity contribution >= 4 is 26.0 Å². The van der Waals surface area contributed by atoms with Crippen LogP contribution in [0.2, 0.25) is 0 Å². The van der Waals surface area contributed by atoms with E-state index in [9.17, 15) is 21.6 Å². The number of hydrogen-bond donors (Lipinski definition) is 1. The monoisotopic (exact) mass is 652 g/mol. The highest BCUT2D eigenvalue weighted by molar-refractivity contribution is 7.90. The van der Waals surface area contributed by atoms with Gasteiger partial charge in [-0.3, -0.25) is 4.79 Å². The average molecular weight is 653 g/mol. The lowest BCUT2D eigenvalue weighted by molar-refractivity contribution is -0.151. The third-order valence-corrected chi connectivity index (χ3v) is 12.8. The molecule has 11 heteroatoms. The van der Waals surface area contributed by atoms with Gasteiger partial charge < -0.3 is 9.47 Å². The Kier molecular flexibility index (Phi) is 8.58. The molecule has 3 aromatic carbocycles. The minimum Gasteiger partial charge on any atom is -0.487 e. The maximum atomic E-state index is 13.3. The number of sulfonamides is 2. The second-order valence-corrected chi connectivity index (χ2v) is 16.3. The van der Waals surface area contributed by atoms with Gasteiger partial charge in [0.25, 0.3) is 15.9 Å². The molecule has 9 nitrogen and oxygen atoms in total. The second-order valence-electron chi connectivity index (χ2n) is 12.7. The number of carbonyl (C=O) groups excluding carboxylic acids is 1. The summed E-state index contributed by atoms with van der Waals surface area (Å²) in [4.78, 5) is 13.1. The lowest BCUT2D eigenvalue weighted by atomic mass is 9.74. The summed E-state index contributed by atoms with van der Waals surface area (Å²) in [6.45, 7) is 6.49. The van der Waals surface area contributed by atoms with Crippen LogP contribution in [0, 0.1) is 5.92 Å². The fraction of sp³-hybridized carbons (Fsp3) is 0.441. The number of nitrogens with one attached hydrogen (secondary N) is 1. The van der Waals surface area contributed by atoms with Crippen LogP contribution in [0.15, 0.2) is 82.6 Å². The molecular weight excluding hydrogens is 613 g/mol. The predicted octanol–water partition coefficient (Wildman–Crippen LogP) is 6.14. The summed E-state index contributed by atoms with van der Waals surface area (Å²) >= 11 is 0. The van der Waals surface area contributed by atoms with Gasteiger partial charge in [0, 0.05) is 29.6 Å². The smallest absolute Gasteiger partial charge is 0.265 e. The number of carbonyl (C=O) groups is 1. The van der Waals surface area contributed by atoms with E-state index in [-0.39, 0.29) is 39.5 Å². The molecule has 3 aromatic rings. The van der Waals surface area contributed by atoms with Crippen molar-refractivity contribution in [2.45, 2.75) is 92.9 Å². The largest absolute Gasteiger partial charge is 0.487 e. The van der Waals surface area contributed by atoms with Gasteiger partial charge in [-0.2, -0.15) is 4.31 Å². The van der Waals surface area contributed by atoms with Crippen molar-refractivity contribution in [3.05, 3.63) is 89.5 Å². The van der Waals surface area contributed by atoms with E-state index in [2.05, 4.69) is 4.72 Å². The zero-order valence-corrected chi connectivity index (χ0v) is 27.4. The third-order valence-electron chi connectivity index (χ3n) is 9.44. The maximum Gasteiger partial charge on any atom is 0.265 e. The van der Waals surface area contributed by atoms with E-state index in [1.807, 2.05) is 51.1 Å². The Morgan fingerprint density at radius 1 is 0.911 bits per heavy atom. The minimum absolute atomic E-state index is 0.0292. The highest BCUT2D eigenvalue weighted by Crippen LogP contribution is 2.53. The highest BCUT2D eigenvalue weighted by atomic mass is 32.2. The van der Waals surface area contributed by atoms with E-state index < -0.39 is 31.6 Å². The van der Waals surface area contributed by atoms with Crippen LogP contribution in [-0.2, 0) is 24.8 Å². The highest BCUT2D eigenvalue weighted by Gasteiger charge is 2.48. The summed E-state index contributed by atoms with van der Waals surface area (Å²) in [5.41, 5.74) is 1.46. The Hall–Kier alpha value is -3.25. The molecule has 0 saturated carbocycles. The molecule has 3 aliphatic rings. The molecule has 0 aromatic heterocycles. The first-order valence-corrected chi connectivity index (χ1v) is 18.6. The predicted molar refractivity (Wildman–Crippen MR) is 170 cm³/mol. The van der Waals surface area contributed by atoms with Gasteiger partial charge in [0.15, 0.2) is 0 Å². The van der Waals surface area contributed by atoms with Gasteiger partial charge in [-0.05, 0) is 94.0 Å². The van der Waals surface area contributed by atoms with Crippen molar-refractivity contribution in [1.82, 2.24) is 9.03 Å². The molecule has 0 bridgehead atoms. The fourth-order valence-corrected chi connectivity index (χ4v) is 9.71. The topological polar surface area (TPSA) is 119 Å². The van der Waals surface area contributed by atoms with Crippen LogP contribution in [-0.4, -0.2) is 45.2 Å². The standard InChI is InChI=1S/C34H40N2O7S2/c1-4-25-12-8-9-21-36(25)45(40,41)27-16-14-26(15-17-27)44(38,39)35-33(37)24-13-19-31-28(22-24)32-29(34(2,3)43-31)18-20-30(42-32)23-10-6-5-7-11-23/h5-7,10-11,13-17,19,22,25,29-30,32H,4,8-9,12,18,20-21H2,1-3H3,(H,35,37)/t25-,29-,30+,32+/m1/s1. The number of nitrogens with zero attached hydrogens (tertiary/aromatic N) is 1. The molecule has 1 amide bonds. The summed E-state index contributed by atoms with van der Waals surface area (Å²) in [6.07, 6.45) is 4.55. The molecule has 4 atom stereocenters. The number of piperidine rings is 1. The normalized spacial score (nSPS) is 25.0. The van der Waals surface area contributed by atoms with Gasteiger partial charge in [0.2, 0.25) is 10.0 Å².